The molecule has 0 bridgehead atoms. The third-order valence-corrected chi connectivity index (χ3v) is 3.70. The number of rotatable bonds is 5. The van der Waals surface area contributed by atoms with Crippen molar-refractivity contribution in [3.8, 4) is 0 Å². The molecule has 1 fully saturated rings. The molecule has 100 valence electrons. The van der Waals surface area contributed by atoms with E-state index in [1.165, 1.54) is 63.8 Å². The first-order valence-corrected chi connectivity index (χ1v) is 7.46. The zero-order chi connectivity index (χ0) is 12.5. The zero-order valence-electron chi connectivity index (χ0n) is 11.4. The van der Waals surface area contributed by atoms with Crippen LogP contribution in [-0.4, -0.2) is 31.1 Å². The van der Waals surface area contributed by atoms with Crippen LogP contribution in [0.25, 0.3) is 0 Å². The van der Waals surface area contributed by atoms with Crippen molar-refractivity contribution in [3.05, 3.63) is 30.3 Å². The maximum absolute atomic E-state index is 3.49. The lowest BCUT2D eigenvalue weighted by atomic mass is 10.1. The molecule has 2 rings (SSSR count). The molecule has 2 heteroatoms. The fraction of sp³-hybridized carbons (Fsp3) is 0.625. The maximum Gasteiger partial charge on any atom is 0.0340 e. The molecule has 0 radical (unpaired) electrons. The van der Waals surface area contributed by atoms with Crippen LogP contribution in [0.5, 0.6) is 0 Å². The minimum atomic E-state index is 1.08. The summed E-state index contributed by atoms with van der Waals surface area (Å²) in [5.41, 5.74) is 1.24. The van der Waals surface area contributed by atoms with E-state index in [1.807, 2.05) is 0 Å². The van der Waals surface area contributed by atoms with Gasteiger partial charge < -0.3 is 10.2 Å². The van der Waals surface area contributed by atoms with Gasteiger partial charge in [-0.1, -0.05) is 37.5 Å². The fourth-order valence-corrected chi connectivity index (χ4v) is 2.63. The molecular weight excluding hydrogens is 220 g/mol. The minimum absolute atomic E-state index is 1.08. The highest BCUT2D eigenvalue weighted by Crippen LogP contribution is 2.11. The first-order valence-electron chi connectivity index (χ1n) is 7.46. The molecule has 0 aliphatic carbocycles. The van der Waals surface area contributed by atoms with Gasteiger partial charge in [0.1, 0.15) is 0 Å². The topological polar surface area (TPSA) is 15.3 Å². The summed E-state index contributed by atoms with van der Waals surface area (Å²) in [6.07, 6.45) is 8.34. The van der Waals surface area contributed by atoms with Crippen molar-refractivity contribution in [1.29, 1.82) is 0 Å². The standard InChI is InChI=1S/C16H26N2/c1-2-7-13-18(14-8-3-1)15-9-12-17-16-10-5-4-6-11-16/h4-6,10-11,17H,1-3,7-9,12-15H2. The summed E-state index contributed by atoms with van der Waals surface area (Å²) in [5, 5.41) is 3.49. The summed E-state index contributed by atoms with van der Waals surface area (Å²) in [6, 6.07) is 10.5. The van der Waals surface area contributed by atoms with Crippen LogP contribution in [0.3, 0.4) is 0 Å². The molecule has 1 aromatic carbocycles. The second-order valence-electron chi connectivity index (χ2n) is 5.26. The van der Waals surface area contributed by atoms with E-state index in [-0.39, 0.29) is 0 Å². The van der Waals surface area contributed by atoms with Crippen LogP contribution in [0.4, 0.5) is 5.69 Å². The first-order chi connectivity index (χ1) is 8.95. The number of nitrogens with one attached hydrogen (secondary N) is 1. The van der Waals surface area contributed by atoms with E-state index >= 15 is 0 Å². The second kappa shape index (κ2) is 8.15. The monoisotopic (exact) mass is 246 g/mol. The van der Waals surface area contributed by atoms with E-state index in [0.717, 1.165) is 6.54 Å². The van der Waals surface area contributed by atoms with Gasteiger partial charge in [-0.3, -0.25) is 0 Å². The predicted molar refractivity (Wildman–Crippen MR) is 79.1 cm³/mol. The lowest BCUT2D eigenvalue weighted by molar-refractivity contribution is 0.247. The largest absolute Gasteiger partial charge is 0.385 e. The number of para-hydroxylation sites is 1. The Morgan fingerprint density at radius 2 is 1.56 bits per heavy atom. The summed E-state index contributed by atoms with van der Waals surface area (Å²) in [7, 11) is 0. The van der Waals surface area contributed by atoms with Gasteiger partial charge in [0.15, 0.2) is 0 Å². The van der Waals surface area contributed by atoms with Gasteiger partial charge in [-0.2, -0.15) is 0 Å². The van der Waals surface area contributed by atoms with Crippen LogP contribution in [0, 0.1) is 0 Å². The van der Waals surface area contributed by atoms with Gasteiger partial charge in [0.05, 0.1) is 0 Å². The van der Waals surface area contributed by atoms with E-state index in [4.69, 9.17) is 0 Å². The number of hydrogen-bond acceptors (Lipinski definition) is 2. The molecule has 1 heterocycles. The Labute approximate surface area is 111 Å². The molecule has 0 unspecified atom stereocenters. The average Bonchev–Trinajstić information content (AvgIpc) is 2.38. The van der Waals surface area contributed by atoms with Gasteiger partial charge in [-0.05, 0) is 51.0 Å². The maximum atomic E-state index is 3.49. The highest BCUT2D eigenvalue weighted by molar-refractivity contribution is 5.42. The number of likely N-dealkylation sites (tertiary alicyclic amines) is 1. The average molecular weight is 246 g/mol. The Bertz CT molecular complexity index is 302. The molecule has 2 nitrogen and oxygen atoms in total. The molecule has 1 N–H and O–H groups in total. The van der Waals surface area contributed by atoms with E-state index in [2.05, 4.69) is 40.5 Å². The summed E-state index contributed by atoms with van der Waals surface area (Å²) >= 11 is 0. The minimum Gasteiger partial charge on any atom is -0.385 e. The SMILES string of the molecule is c1ccc(NCCCN2CCCCCCC2)cc1. The summed E-state index contributed by atoms with van der Waals surface area (Å²) in [4.78, 5) is 2.64. The van der Waals surface area contributed by atoms with Gasteiger partial charge in [0, 0.05) is 12.2 Å². The molecule has 18 heavy (non-hydrogen) atoms. The molecule has 0 amide bonds. The smallest absolute Gasteiger partial charge is 0.0340 e. The van der Waals surface area contributed by atoms with Crippen LogP contribution >= 0.6 is 0 Å². The van der Waals surface area contributed by atoms with E-state index < -0.39 is 0 Å². The van der Waals surface area contributed by atoms with Gasteiger partial charge >= 0.3 is 0 Å². The highest BCUT2D eigenvalue weighted by Gasteiger charge is 2.06. The van der Waals surface area contributed by atoms with Crippen molar-refractivity contribution in [3.63, 3.8) is 0 Å². The first kappa shape index (κ1) is 13.4. The molecule has 0 saturated carbocycles. The Morgan fingerprint density at radius 1 is 0.889 bits per heavy atom. The Hall–Kier alpha value is -1.02. The third-order valence-electron chi connectivity index (χ3n) is 3.70. The van der Waals surface area contributed by atoms with Gasteiger partial charge in [0.25, 0.3) is 0 Å². The quantitative estimate of drug-likeness (QED) is 0.796. The normalized spacial score (nSPS) is 18.0. The van der Waals surface area contributed by atoms with Crippen LogP contribution in [0.15, 0.2) is 30.3 Å². The molecule has 0 aromatic heterocycles. The number of nitrogens with zero attached hydrogens (tertiary/aromatic N) is 1. The molecule has 0 spiro atoms. The van der Waals surface area contributed by atoms with Crippen molar-refractivity contribution in [2.24, 2.45) is 0 Å². The third kappa shape index (κ3) is 5.09. The van der Waals surface area contributed by atoms with Crippen molar-refractivity contribution < 1.29 is 0 Å². The number of hydrogen-bond donors (Lipinski definition) is 1. The fourth-order valence-electron chi connectivity index (χ4n) is 2.63. The van der Waals surface area contributed by atoms with Crippen LogP contribution in [0.2, 0.25) is 0 Å². The summed E-state index contributed by atoms with van der Waals surface area (Å²) in [5.74, 6) is 0. The molecule has 1 aromatic rings. The van der Waals surface area contributed by atoms with Gasteiger partial charge in [-0.25, -0.2) is 0 Å². The number of anilines is 1. The molecule has 1 aliphatic rings. The van der Waals surface area contributed by atoms with Crippen molar-refractivity contribution >= 4 is 5.69 Å². The zero-order valence-corrected chi connectivity index (χ0v) is 11.4. The van der Waals surface area contributed by atoms with Crippen molar-refractivity contribution in [1.82, 2.24) is 4.90 Å². The van der Waals surface area contributed by atoms with Gasteiger partial charge in [-0.15, -0.1) is 0 Å². The van der Waals surface area contributed by atoms with Crippen LogP contribution in [0.1, 0.15) is 38.5 Å². The number of benzene rings is 1. The Morgan fingerprint density at radius 3 is 2.28 bits per heavy atom. The van der Waals surface area contributed by atoms with Gasteiger partial charge in [0.2, 0.25) is 0 Å². The van der Waals surface area contributed by atoms with Crippen molar-refractivity contribution in [2.75, 3.05) is 31.5 Å². The Balaban J connectivity index is 1.59. The highest BCUT2D eigenvalue weighted by atomic mass is 15.1. The molecule has 1 saturated heterocycles. The van der Waals surface area contributed by atoms with Crippen LogP contribution < -0.4 is 5.32 Å². The van der Waals surface area contributed by atoms with E-state index in [0.29, 0.717) is 0 Å². The molecule has 0 atom stereocenters. The predicted octanol–water partition coefficient (Wildman–Crippen LogP) is 3.75. The van der Waals surface area contributed by atoms with E-state index in [9.17, 15) is 0 Å². The van der Waals surface area contributed by atoms with Crippen LogP contribution in [-0.2, 0) is 0 Å². The summed E-state index contributed by atoms with van der Waals surface area (Å²) in [6.45, 7) is 4.96. The molecule has 1 aliphatic heterocycles. The molecular formula is C16H26N2. The lowest BCUT2D eigenvalue weighted by Crippen LogP contribution is -2.29. The Kier molecular flexibility index (Phi) is 6.07. The second-order valence-corrected chi connectivity index (χ2v) is 5.26. The lowest BCUT2D eigenvalue weighted by Gasteiger charge is -2.24. The van der Waals surface area contributed by atoms with E-state index in [1.54, 1.807) is 0 Å². The van der Waals surface area contributed by atoms with Crippen molar-refractivity contribution in [2.45, 2.75) is 38.5 Å². The summed E-state index contributed by atoms with van der Waals surface area (Å²) < 4.78 is 0.